The first-order valence-corrected chi connectivity index (χ1v) is 8.31. The largest absolute Gasteiger partial charge is 0.492 e. The molecule has 0 aromatic heterocycles. The van der Waals surface area contributed by atoms with Gasteiger partial charge in [-0.1, -0.05) is 49.7 Å². The molecule has 2 N–H and O–H groups in total. The number of para-hydroxylation sites is 1. The maximum Gasteiger partial charge on any atom is 0.319 e. The average Bonchev–Trinajstić information content (AvgIpc) is 2.55. The van der Waals surface area contributed by atoms with E-state index in [1.54, 1.807) is 0 Å². The molecule has 2 amide bonds. The Hall–Kier alpha value is -2.49. The summed E-state index contributed by atoms with van der Waals surface area (Å²) in [7, 11) is 0. The number of carbonyl (C=O) groups excluding carboxylic acids is 1. The molecule has 0 saturated carbocycles. The van der Waals surface area contributed by atoms with Gasteiger partial charge in [-0.25, -0.2) is 4.79 Å². The third kappa shape index (κ3) is 5.01. The Morgan fingerprint density at radius 1 is 1.08 bits per heavy atom. The molecule has 0 aliphatic heterocycles. The number of ether oxygens (including phenoxy) is 1. The van der Waals surface area contributed by atoms with Crippen molar-refractivity contribution < 1.29 is 9.53 Å². The SMILES string of the molecule is Cc1ccc(OCCNC(=O)Nc2c(C)cccc2C(C)C)cc1. The van der Waals surface area contributed by atoms with Crippen molar-refractivity contribution in [2.45, 2.75) is 33.6 Å². The molecule has 0 spiro atoms. The van der Waals surface area contributed by atoms with E-state index < -0.39 is 0 Å². The molecule has 4 nitrogen and oxygen atoms in total. The lowest BCUT2D eigenvalue weighted by molar-refractivity contribution is 0.247. The predicted octanol–water partition coefficient (Wildman–Crippen LogP) is 4.63. The van der Waals surface area contributed by atoms with Gasteiger partial charge < -0.3 is 15.4 Å². The fourth-order valence-electron chi connectivity index (χ4n) is 2.47. The molecule has 0 saturated heterocycles. The van der Waals surface area contributed by atoms with Crippen molar-refractivity contribution in [2.24, 2.45) is 0 Å². The van der Waals surface area contributed by atoms with E-state index in [9.17, 15) is 4.79 Å². The number of rotatable bonds is 6. The summed E-state index contributed by atoms with van der Waals surface area (Å²) in [6.07, 6.45) is 0. The highest BCUT2D eigenvalue weighted by atomic mass is 16.5. The van der Waals surface area contributed by atoms with Gasteiger partial charge in [-0.05, 0) is 43.0 Å². The van der Waals surface area contributed by atoms with E-state index in [1.807, 2.05) is 56.3 Å². The van der Waals surface area contributed by atoms with Crippen LogP contribution in [0.1, 0.15) is 36.5 Å². The van der Waals surface area contributed by atoms with Crippen molar-refractivity contribution in [3.05, 3.63) is 59.2 Å². The quantitative estimate of drug-likeness (QED) is 0.761. The van der Waals surface area contributed by atoms with Crippen LogP contribution < -0.4 is 15.4 Å². The fourth-order valence-corrected chi connectivity index (χ4v) is 2.47. The van der Waals surface area contributed by atoms with Gasteiger partial charge in [0.2, 0.25) is 0 Å². The van der Waals surface area contributed by atoms with Gasteiger partial charge in [0, 0.05) is 5.69 Å². The highest BCUT2D eigenvalue weighted by Gasteiger charge is 2.11. The minimum atomic E-state index is -0.210. The number of hydrogen-bond donors (Lipinski definition) is 2. The van der Waals surface area contributed by atoms with Crippen molar-refractivity contribution in [1.82, 2.24) is 5.32 Å². The Labute approximate surface area is 144 Å². The maximum absolute atomic E-state index is 12.1. The van der Waals surface area contributed by atoms with Gasteiger partial charge >= 0.3 is 6.03 Å². The van der Waals surface area contributed by atoms with E-state index in [-0.39, 0.29) is 6.03 Å². The Morgan fingerprint density at radius 2 is 1.79 bits per heavy atom. The first-order chi connectivity index (χ1) is 11.5. The molecule has 2 rings (SSSR count). The van der Waals surface area contributed by atoms with Crippen molar-refractivity contribution in [2.75, 3.05) is 18.5 Å². The van der Waals surface area contributed by atoms with E-state index in [1.165, 1.54) is 5.56 Å². The molecule has 4 heteroatoms. The smallest absolute Gasteiger partial charge is 0.319 e. The Morgan fingerprint density at radius 3 is 2.46 bits per heavy atom. The molecule has 0 fully saturated rings. The fraction of sp³-hybridized carbons (Fsp3) is 0.350. The van der Waals surface area contributed by atoms with Gasteiger partial charge in [0.15, 0.2) is 0 Å². The Bertz CT molecular complexity index is 679. The normalized spacial score (nSPS) is 10.5. The van der Waals surface area contributed by atoms with Crippen LogP contribution in [0.15, 0.2) is 42.5 Å². The lowest BCUT2D eigenvalue weighted by atomic mass is 9.98. The van der Waals surface area contributed by atoms with Gasteiger partial charge in [0.05, 0.1) is 6.54 Å². The summed E-state index contributed by atoms with van der Waals surface area (Å²) in [5, 5.41) is 5.79. The monoisotopic (exact) mass is 326 g/mol. The molecule has 2 aromatic carbocycles. The molecule has 24 heavy (non-hydrogen) atoms. The number of benzene rings is 2. The van der Waals surface area contributed by atoms with E-state index >= 15 is 0 Å². The molecule has 0 radical (unpaired) electrons. The summed E-state index contributed by atoms with van der Waals surface area (Å²) in [4.78, 5) is 12.1. The lowest BCUT2D eigenvalue weighted by Gasteiger charge is -2.17. The second-order valence-electron chi connectivity index (χ2n) is 6.24. The highest BCUT2D eigenvalue weighted by Crippen LogP contribution is 2.27. The van der Waals surface area contributed by atoms with Crippen LogP contribution in [-0.4, -0.2) is 19.2 Å². The first kappa shape index (κ1) is 17.9. The number of hydrogen-bond acceptors (Lipinski definition) is 2. The zero-order valence-electron chi connectivity index (χ0n) is 14.8. The number of urea groups is 1. The number of nitrogens with one attached hydrogen (secondary N) is 2. The zero-order chi connectivity index (χ0) is 17.5. The van der Waals surface area contributed by atoms with Crippen LogP contribution in [0.25, 0.3) is 0 Å². The molecule has 0 unspecified atom stereocenters. The van der Waals surface area contributed by atoms with Crippen LogP contribution in [-0.2, 0) is 0 Å². The molecular formula is C20H26N2O2. The molecule has 0 atom stereocenters. The molecule has 0 bridgehead atoms. The second-order valence-corrected chi connectivity index (χ2v) is 6.24. The van der Waals surface area contributed by atoms with Gasteiger partial charge in [-0.3, -0.25) is 0 Å². The van der Waals surface area contributed by atoms with Gasteiger partial charge in [0.1, 0.15) is 12.4 Å². The molecule has 2 aromatic rings. The third-order valence-electron chi connectivity index (χ3n) is 3.84. The highest BCUT2D eigenvalue weighted by molar-refractivity contribution is 5.91. The summed E-state index contributed by atoms with van der Waals surface area (Å²) in [6.45, 7) is 9.15. The zero-order valence-corrected chi connectivity index (χ0v) is 14.8. The van der Waals surface area contributed by atoms with Crippen molar-refractivity contribution in [3.63, 3.8) is 0 Å². The number of anilines is 1. The van der Waals surface area contributed by atoms with Crippen molar-refractivity contribution >= 4 is 11.7 Å². The number of amides is 2. The summed E-state index contributed by atoms with van der Waals surface area (Å²) in [6, 6.07) is 13.7. The first-order valence-electron chi connectivity index (χ1n) is 8.31. The summed E-state index contributed by atoms with van der Waals surface area (Å²) in [5.74, 6) is 1.16. The molecular weight excluding hydrogens is 300 g/mol. The van der Waals surface area contributed by atoms with Crippen LogP contribution in [0, 0.1) is 13.8 Å². The van der Waals surface area contributed by atoms with Crippen LogP contribution in [0.3, 0.4) is 0 Å². The van der Waals surface area contributed by atoms with E-state index in [2.05, 4.69) is 24.5 Å². The molecule has 0 aliphatic carbocycles. The summed E-state index contributed by atoms with van der Waals surface area (Å²) in [5.41, 5.74) is 4.29. The van der Waals surface area contributed by atoms with Crippen molar-refractivity contribution in [3.8, 4) is 5.75 Å². The Balaban J connectivity index is 1.82. The number of carbonyl (C=O) groups is 1. The minimum Gasteiger partial charge on any atom is -0.492 e. The Kier molecular flexibility index (Phi) is 6.24. The molecule has 128 valence electrons. The van der Waals surface area contributed by atoms with Gasteiger partial charge in [-0.15, -0.1) is 0 Å². The molecule has 0 heterocycles. The standard InChI is InChI=1S/C20H26N2O2/c1-14(2)18-7-5-6-16(4)19(18)22-20(23)21-12-13-24-17-10-8-15(3)9-11-17/h5-11,14H,12-13H2,1-4H3,(H2,21,22,23). The average molecular weight is 326 g/mol. The molecule has 0 aliphatic rings. The predicted molar refractivity (Wildman–Crippen MR) is 99.0 cm³/mol. The summed E-state index contributed by atoms with van der Waals surface area (Å²) < 4.78 is 5.60. The van der Waals surface area contributed by atoms with Crippen LogP contribution in [0.4, 0.5) is 10.5 Å². The van der Waals surface area contributed by atoms with Crippen molar-refractivity contribution in [1.29, 1.82) is 0 Å². The summed E-state index contributed by atoms with van der Waals surface area (Å²) >= 11 is 0. The third-order valence-corrected chi connectivity index (χ3v) is 3.84. The van der Waals surface area contributed by atoms with Crippen LogP contribution in [0.2, 0.25) is 0 Å². The van der Waals surface area contributed by atoms with Crippen LogP contribution in [0.5, 0.6) is 5.75 Å². The van der Waals surface area contributed by atoms with E-state index in [0.29, 0.717) is 19.1 Å². The number of aryl methyl sites for hydroxylation is 2. The minimum absolute atomic E-state index is 0.210. The lowest BCUT2D eigenvalue weighted by Crippen LogP contribution is -2.32. The second kappa shape index (κ2) is 8.39. The topological polar surface area (TPSA) is 50.4 Å². The van der Waals surface area contributed by atoms with E-state index in [0.717, 1.165) is 22.6 Å². The van der Waals surface area contributed by atoms with Gasteiger partial charge in [0.25, 0.3) is 0 Å². The van der Waals surface area contributed by atoms with Crippen LogP contribution >= 0.6 is 0 Å². The maximum atomic E-state index is 12.1. The van der Waals surface area contributed by atoms with E-state index in [4.69, 9.17) is 4.74 Å². The van der Waals surface area contributed by atoms with Gasteiger partial charge in [-0.2, -0.15) is 0 Å².